The van der Waals surface area contributed by atoms with E-state index in [1.165, 1.54) is 4.90 Å². The highest BCUT2D eigenvalue weighted by Gasteiger charge is 2.60. The molecule has 2 fully saturated rings. The molecule has 0 radical (unpaired) electrons. The average molecular weight is 318 g/mol. The van der Waals surface area contributed by atoms with Crippen molar-refractivity contribution in [1.82, 2.24) is 19.9 Å². The molecule has 2 saturated heterocycles. The summed E-state index contributed by atoms with van der Waals surface area (Å²) in [6.45, 7) is 2.29. The molecule has 114 valence electrons. The molecule has 0 spiro atoms. The van der Waals surface area contributed by atoms with Crippen molar-refractivity contribution >= 4 is 34.7 Å². The predicted octanol–water partition coefficient (Wildman–Crippen LogP) is 0.948. The Kier molecular flexibility index (Phi) is 2.75. The molecule has 0 bridgehead atoms. The van der Waals surface area contributed by atoms with Gasteiger partial charge in [0.05, 0.1) is 28.6 Å². The van der Waals surface area contributed by atoms with E-state index in [0.717, 1.165) is 11.0 Å². The molecule has 0 saturated carbocycles. The number of hydrogen-bond acceptors (Lipinski definition) is 5. The van der Waals surface area contributed by atoms with Gasteiger partial charge in [-0.05, 0) is 19.1 Å². The molecule has 22 heavy (non-hydrogen) atoms. The first kappa shape index (κ1) is 13.6. The third kappa shape index (κ3) is 1.76. The molecule has 2 aliphatic rings. The maximum Gasteiger partial charge on any atom is 0.327 e. The van der Waals surface area contributed by atoms with Crippen molar-refractivity contribution in [3.05, 3.63) is 24.3 Å². The number of carboxylic acids is 1. The van der Waals surface area contributed by atoms with Crippen molar-refractivity contribution in [3.63, 3.8) is 0 Å². The largest absolute Gasteiger partial charge is 0.480 e. The molecule has 3 unspecified atom stereocenters. The molecule has 1 N–H and O–H groups in total. The van der Waals surface area contributed by atoms with Crippen molar-refractivity contribution in [2.45, 2.75) is 36.1 Å². The van der Waals surface area contributed by atoms with E-state index in [1.54, 1.807) is 16.4 Å². The molecule has 1 amide bonds. The Morgan fingerprint density at radius 1 is 1.50 bits per heavy atom. The first-order valence-electron chi connectivity index (χ1n) is 7.00. The van der Waals surface area contributed by atoms with Crippen LogP contribution in [0.1, 0.15) is 13.3 Å². The molecule has 7 nitrogen and oxygen atoms in total. The van der Waals surface area contributed by atoms with Gasteiger partial charge in [0.25, 0.3) is 0 Å². The molecule has 0 aliphatic carbocycles. The average Bonchev–Trinajstić information content (AvgIpc) is 2.96. The smallest absolute Gasteiger partial charge is 0.327 e. The number of carbonyl (C=O) groups is 2. The fraction of sp³-hybridized carbons (Fsp3) is 0.429. The maximum atomic E-state index is 11.7. The first-order chi connectivity index (χ1) is 10.5. The molecular formula is C14H14N4O3S. The van der Waals surface area contributed by atoms with Gasteiger partial charge in [0.15, 0.2) is 0 Å². The van der Waals surface area contributed by atoms with E-state index < -0.39 is 16.8 Å². The van der Waals surface area contributed by atoms with Gasteiger partial charge in [-0.25, -0.2) is 9.48 Å². The van der Waals surface area contributed by atoms with Gasteiger partial charge in [-0.1, -0.05) is 17.3 Å². The van der Waals surface area contributed by atoms with Gasteiger partial charge in [0, 0.05) is 0 Å². The normalized spacial score (nSPS) is 30.4. The lowest BCUT2D eigenvalue weighted by atomic mass is 9.96. The number of benzene rings is 1. The predicted molar refractivity (Wildman–Crippen MR) is 80.2 cm³/mol. The number of aliphatic carboxylic acids is 1. The minimum absolute atomic E-state index is 0.0339. The van der Waals surface area contributed by atoms with Crippen molar-refractivity contribution < 1.29 is 14.7 Å². The molecule has 3 heterocycles. The summed E-state index contributed by atoms with van der Waals surface area (Å²) in [5, 5.41) is 17.8. The van der Waals surface area contributed by atoms with Crippen LogP contribution in [0.25, 0.3) is 11.0 Å². The van der Waals surface area contributed by atoms with Crippen LogP contribution in [0.4, 0.5) is 0 Å². The Morgan fingerprint density at radius 3 is 3.00 bits per heavy atom. The minimum Gasteiger partial charge on any atom is -0.480 e. The zero-order valence-corrected chi connectivity index (χ0v) is 12.7. The highest BCUT2D eigenvalue weighted by Crippen LogP contribution is 2.51. The highest BCUT2D eigenvalue weighted by molar-refractivity contribution is 8.01. The van der Waals surface area contributed by atoms with Crippen LogP contribution in [-0.4, -0.2) is 53.0 Å². The number of aromatic nitrogens is 3. The van der Waals surface area contributed by atoms with Crippen LogP contribution >= 0.6 is 11.8 Å². The fourth-order valence-electron chi connectivity index (χ4n) is 3.31. The summed E-state index contributed by atoms with van der Waals surface area (Å²) in [6, 6.07) is 6.74. The second-order valence-electron chi connectivity index (χ2n) is 5.87. The number of hydrogen-bond donors (Lipinski definition) is 1. The molecule has 2 aliphatic heterocycles. The van der Waals surface area contributed by atoms with Crippen LogP contribution in [0.15, 0.2) is 24.3 Å². The van der Waals surface area contributed by atoms with E-state index in [0.29, 0.717) is 13.0 Å². The van der Waals surface area contributed by atoms with Crippen LogP contribution in [0, 0.1) is 0 Å². The Labute approximate surface area is 130 Å². The van der Waals surface area contributed by atoms with Gasteiger partial charge in [0.2, 0.25) is 5.91 Å². The zero-order chi connectivity index (χ0) is 15.5. The Morgan fingerprint density at radius 2 is 2.27 bits per heavy atom. The molecule has 8 heteroatoms. The third-order valence-corrected chi connectivity index (χ3v) is 5.88. The molecule has 2 aromatic rings. The summed E-state index contributed by atoms with van der Waals surface area (Å²) in [4.78, 5) is 24.9. The maximum absolute atomic E-state index is 11.7. The standard InChI is InChI=1S/C14H14N4O3S/c1-14(7-17-9-5-3-2-4-8(9)15-16-17)12(13(20)21)18-10(19)6-11(18)22-14/h2-5,11-12H,6-7H2,1H3,(H,20,21). The zero-order valence-electron chi connectivity index (χ0n) is 11.8. The van der Waals surface area contributed by atoms with Gasteiger partial charge in [-0.3, -0.25) is 4.79 Å². The summed E-state index contributed by atoms with van der Waals surface area (Å²) < 4.78 is 1.10. The van der Waals surface area contributed by atoms with E-state index in [1.807, 2.05) is 31.2 Å². The molecule has 1 aromatic carbocycles. The van der Waals surface area contributed by atoms with Gasteiger partial charge < -0.3 is 10.0 Å². The first-order valence-corrected chi connectivity index (χ1v) is 7.87. The van der Waals surface area contributed by atoms with E-state index in [4.69, 9.17) is 0 Å². The summed E-state index contributed by atoms with van der Waals surface area (Å²) in [5.41, 5.74) is 1.65. The number of nitrogens with zero attached hydrogens (tertiary/aromatic N) is 4. The van der Waals surface area contributed by atoms with E-state index in [-0.39, 0.29) is 11.3 Å². The van der Waals surface area contributed by atoms with E-state index in [9.17, 15) is 14.7 Å². The summed E-state index contributed by atoms with van der Waals surface area (Å²) in [5.74, 6) is -1.05. The summed E-state index contributed by atoms with van der Waals surface area (Å²) >= 11 is 1.55. The highest BCUT2D eigenvalue weighted by atomic mass is 32.2. The van der Waals surface area contributed by atoms with E-state index >= 15 is 0 Å². The molecule has 1 aromatic heterocycles. The summed E-state index contributed by atoms with van der Waals surface area (Å²) in [7, 11) is 0. The lowest BCUT2D eigenvalue weighted by Crippen LogP contribution is -2.58. The molecule has 4 rings (SSSR count). The summed E-state index contributed by atoms with van der Waals surface area (Å²) in [6.07, 6.45) is 0.419. The minimum atomic E-state index is -0.963. The van der Waals surface area contributed by atoms with Crippen LogP contribution in [0.5, 0.6) is 0 Å². The molecule has 3 atom stereocenters. The SMILES string of the molecule is CC1(Cn2nnc3ccccc32)SC2CC(=O)N2C1C(=O)O. The van der Waals surface area contributed by atoms with Gasteiger partial charge in [-0.2, -0.15) is 0 Å². The number of thioether (sulfide) groups is 1. The van der Waals surface area contributed by atoms with Gasteiger partial charge in [-0.15, -0.1) is 16.9 Å². The van der Waals surface area contributed by atoms with Crippen molar-refractivity contribution in [1.29, 1.82) is 0 Å². The topological polar surface area (TPSA) is 88.3 Å². The van der Waals surface area contributed by atoms with Crippen molar-refractivity contribution in [3.8, 4) is 0 Å². The number of amides is 1. The Bertz CT molecular complexity index is 791. The van der Waals surface area contributed by atoms with Crippen LogP contribution in [0.3, 0.4) is 0 Å². The second-order valence-corrected chi connectivity index (χ2v) is 7.58. The molecular weight excluding hydrogens is 304 g/mol. The number of rotatable bonds is 3. The monoisotopic (exact) mass is 318 g/mol. The van der Waals surface area contributed by atoms with E-state index in [2.05, 4.69) is 10.3 Å². The van der Waals surface area contributed by atoms with Crippen LogP contribution < -0.4 is 0 Å². The number of carboxylic acid groups (broad SMARTS) is 1. The fourth-order valence-corrected chi connectivity index (χ4v) is 5.06. The Balaban J connectivity index is 1.71. The Hall–Kier alpha value is -2.09. The van der Waals surface area contributed by atoms with Crippen molar-refractivity contribution in [2.75, 3.05) is 0 Å². The second kappa shape index (κ2) is 4.45. The number of β-lactam (4-membered cyclic amide) rings is 1. The number of para-hydroxylation sites is 1. The third-order valence-electron chi connectivity index (χ3n) is 4.33. The van der Waals surface area contributed by atoms with Gasteiger partial charge in [0.1, 0.15) is 11.6 Å². The quantitative estimate of drug-likeness (QED) is 0.848. The lowest BCUT2D eigenvalue weighted by Gasteiger charge is -2.36. The van der Waals surface area contributed by atoms with Crippen LogP contribution in [-0.2, 0) is 16.1 Å². The lowest BCUT2D eigenvalue weighted by molar-refractivity contribution is -0.157. The van der Waals surface area contributed by atoms with Gasteiger partial charge >= 0.3 is 5.97 Å². The van der Waals surface area contributed by atoms with Crippen molar-refractivity contribution in [2.24, 2.45) is 0 Å². The van der Waals surface area contributed by atoms with Crippen LogP contribution in [0.2, 0.25) is 0 Å². The number of fused-ring (bicyclic) bond motifs is 2. The number of carbonyl (C=O) groups excluding carboxylic acids is 1.